The van der Waals surface area contributed by atoms with Crippen LogP contribution in [0.3, 0.4) is 0 Å². The van der Waals surface area contributed by atoms with Gasteiger partial charge in [0.2, 0.25) is 5.91 Å². The monoisotopic (exact) mass is 321 g/mol. The highest BCUT2D eigenvalue weighted by Crippen LogP contribution is 2.27. The van der Waals surface area contributed by atoms with Crippen LogP contribution in [0.2, 0.25) is 0 Å². The van der Waals surface area contributed by atoms with Crippen molar-refractivity contribution >= 4 is 16.9 Å². The molecule has 0 bridgehead atoms. The molecule has 0 atom stereocenters. The lowest BCUT2D eigenvalue weighted by Gasteiger charge is -2.10. The van der Waals surface area contributed by atoms with Gasteiger partial charge in [-0.25, -0.2) is 4.98 Å². The third kappa shape index (κ3) is 2.85. The lowest BCUT2D eigenvalue weighted by Crippen LogP contribution is -2.29. The first-order valence-electron chi connectivity index (χ1n) is 8.13. The Kier molecular flexibility index (Phi) is 3.69. The Morgan fingerprint density at radius 2 is 2.08 bits per heavy atom. The Balaban J connectivity index is 1.78. The molecule has 0 aliphatic heterocycles. The number of carbonyl (C=O) groups excluding carboxylic acids is 1. The van der Waals surface area contributed by atoms with Gasteiger partial charge >= 0.3 is 0 Å². The summed E-state index contributed by atoms with van der Waals surface area (Å²) in [4.78, 5) is 17.1. The van der Waals surface area contributed by atoms with Crippen LogP contribution >= 0.6 is 0 Å². The predicted octanol–water partition coefficient (Wildman–Crippen LogP) is 2.99. The SMILES string of the molecule is COc1cccc(-c2nc3ccccc3n2CC(=O)NC2CC2)c1. The number of ether oxygens (including phenoxy) is 1. The Morgan fingerprint density at radius 1 is 1.25 bits per heavy atom. The predicted molar refractivity (Wildman–Crippen MR) is 92.9 cm³/mol. The van der Waals surface area contributed by atoms with Crippen molar-refractivity contribution in [2.45, 2.75) is 25.4 Å². The molecule has 1 heterocycles. The Morgan fingerprint density at radius 3 is 2.88 bits per heavy atom. The van der Waals surface area contributed by atoms with Gasteiger partial charge in [-0.05, 0) is 37.1 Å². The molecular weight excluding hydrogens is 302 g/mol. The standard InChI is InChI=1S/C19H19N3O2/c1-24-15-6-4-5-13(11-15)19-21-16-7-2-3-8-17(16)22(19)12-18(23)20-14-9-10-14/h2-8,11,14H,9-10,12H2,1H3,(H,20,23). The summed E-state index contributed by atoms with van der Waals surface area (Å²) in [5.41, 5.74) is 2.78. The lowest BCUT2D eigenvalue weighted by atomic mass is 10.2. The molecule has 5 heteroatoms. The highest BCUT2D eigenvalue weighted by Gasteiger charge is 2.24. The van der Waals surface area contributed by atoms with Crippen LogP contribution in [-0.2, 0) is 11.3 Å². The molecule has 1 aromatic heterocycles. The topological polar surface area (TPSA) is 56.2 Å². The van der Waals surface area contributed by atoms with Gasteiger partial charge in [0.15, 0.2) is 0 Å². The summed E-state index contributed by atoms with van der Waals surface area (Å²) in [6.45, 7) is 0.267. The summed E-state index contributed by atoms with van der Waals surface area (Å²) in [5.74, 6) is 1.58. The van der Waals surface area contributed by atoms with E-state index in [4.69, 9.17) is 9.72 Å². The number of hydrogen-bond acceptors (Lipinski definition) is 3. The molecule has 1 fully saturated rings. The normalized spacial score (nSPS) is 13.9. The third-order valence-corrected chi connectivity index (χ3v) is 4.23. The maximum Gasteiger partial charge on any atom is 0.240 e. The minimum Gasteiger partial charge on any atom is -0.497 e. The first kappa shape index (κ1) is 14.8. The molecule has 0 unspecified atom stereocenters. The average Bonchev–Trinajstić information content (AvgIpc) is 3.35. The zero-order valence-electron chi connectivity index (χ0n) is 13.5. The van der Waals surface area contributed by atoms with Crippen molar-refractivity contribution in [3.8, 4) is 17.1 Å². The molecule has 24 heavy (non-hydrogen) atoms. The van der Waals surface area contributed by atoms with Gasteiger partial charge in [-0.2, -0.15) is 0 Å². The van der Waals surface area contributed by atoms with E-state index >= 15 is 0 Å². The van der Waals surface area contributed by atoms with Crippen LogP contribution in [0.5, 0.6) is 5.75 Å². The number of aromatic nitrogens is 2. The van der Waals surface area contributed by atoms with Crippen molar-refractivity contribution in [2.24, 2.45) is 0 Å². The van der Waals surface area contributed by atoms with Crippen molar-refractivity contribution in [3.63, 3.8) is 0 Å². The largest absolute Gasteiger partial charge is 0.497 e. The second kappa shape index (κ2) is 6.00. The molecule has 122 valence electrons. The number of nitrogens with one attached hydrogen (secondary N) is 1. The van der Waals surface area contributed by atoms with E-state index in [1.807, 2.05) is 53.1 Å². The molecule has 1 aliphatic rings. The van der Waals surface area contributed by atoms with Gasteiger partial charge in [0, 0.05) is 11.6 Å². The minimum atomic E-state index is 0.0322. The molecular formula is C19H19N3O2. The summed E-state index contributed by atoms with van der Waals surface area (Å²) in [5, 5.41) is 3.05. The Bertz CT molecular complexity index is 897. The van der Waals surface area contributed by atoms with Crippen molar-refractivity contribution in [3.05, 3.63) is 48.5 Å². The van der Waals surface area contributed by atoms with Crippen molar-refractivity contribution in [2.75, 3.05) is 7.11 Å². The number of amides is 1. The van der Waals surface area contributed by atoms with Crippen LogP contribution < -0.4 is 10.1 Å². The summed E-state index contributed by atoms with van der Waals surface area (Å²) in [6.07, 6.45) is 2.16. The van der Waals surface area contributed by atoms with Gasteiger partial charge in [-0.3, -0.25) is 4.79 Å². The van der Waals surface area contributed by atoms with Crippen molar-refractivity contribution < 1.29 is 9.53 Å². The molecule has 2 aromatic carbocycles. The number of carbonyl (C=O) groups is 1. The number of rotatable bonds is 5. The number of methoxy groups -OCH3 is 1. The summed E-state index contributed by atoms with van der Waals surface area (Å²) in [6, 6.07) is 16.0. The zero-order chi connectivity index (χ0) is 16.5. The fourth-order valence-electron chi connectivity index (χ4n) is 2.86. The third-order valence-electron chi connectivity index (χ3n) is 4.23. The van der Waals surface area contributed by atoms with Crippen molar-refractivity contribution in [1.82, 2.24) is 14.9 Å². The van der Waals surface area contributed by atoms with Gasteiger partial charge in [0.05, 0.1) is 18.1 Å². The highest BCUT2D eigenvalue weighted by molar-refractivity contribution is 5.84. The van der Waals surface area contributed by atoms with Gasteiger partial charge in [0.1, 0.15) is 18.1 Å². The quantitative estimate of drug-likeness (QED) is 0.786. The number of fused-ring (bicyclic) bond motifs is 1. The fourth-order valence-corrected chi connectivity index (χ4v) is 2.86. The van der Waals surface area contributed by atoms with E-state index < -0.39 is 0 Å². The second-order valence-electron chi connectivity index (χ2n) is 6.08. The van der Waals surface area contributed by atoms with E-state index in [-0.39, 0.29) is 12.5 Å². The molecule has 1 saturated carbocycles. The van der Waals surface area contributed by atoms with Crippen LogP contribution in [0.25, 0.3) is 22.4 Å². The molecule has 0 saturated heterocycles. The zero-order valence-corrected chi connectivity index (χ0v) is 13.5. The smallest absolute Gasteiger partial charge is 0.240 e. The van der Waals surface area contributed by atoms with E-state index in [1.54, 1.807) is 7.11 Å². The highest BCUT2D eigenvalue weighted by atomic mass is 16.5. The van der Waals surface area contributed by atoms with E-state index in [2.05, 4.69) is 5.32 Å². The van der Waals surface area contributed by atoms with Crippen LogP contribution in [0.15, 0.2) is 48.5 Å². The Hall–Kier alpha value is -2.82. The molecule has 0 radical (unpaired) electrons. The Labute approximate surface area is 140 Å². The number of benzene rings is 2. The molecule has 1 N–H and O–H groups in total. The summed E-state index contributed by atoms with van der Waals surface area (Å²) in [7, 11) is 1.64. The number of hydrogen-bond donors (Lipinski definition) is 1. The van der Waals surface area contributed by atoms with Crippen LogP contribution in [0.1, 0.15) is 12.8 Å². The van der Waals surface area contributed by atoms with Gasteiger partial charge in [-0.15, -0.1) is 0 Å². The number of para-hydroxylation sites is 2. The number of imidazole rings is 1. The van der Waals surface area contributed by atoms with Crippen LogP contribution in [-0.4, -0.2) is 28.6 Å². The molecule has 0 spiro atoms. The summed E-state index contributed by atoms with van der Waals surface area (Å²) >= 11 is 0. The van der Waals surface area contributed by atoms with E-state index in [0.29, 0.717) is 6.04 Å². The first-order chi connectivity index (χ1) is 11.7. The maximum absolute atomic E-state index is 12.3. The van der Waals surface area contributed by atoms with Gasteiger partial charge < -0.3 is 14.6 Å². The van der Waals surface area contributed by atoms with Gasteiger partial charge in [0.25, 0.3) is 0 Å². The lowest BCUT2D eigenvalue weighted by molar-refractivity contribution is -0.121. The van der Waals surface area contributed by atoms with E-state index in [9.17, 15) is 4.79 Å². The van der Waals surface area contributed by atoms with Gasteiger partial charge in [-0.1, -0.05) is 24.3 Å². The molecule has 1 aliphatic carbocycles. The molecule has 1 amide bonds. The molecule has 3 aromatic rings. The van der Waals surface area contributed by atoms with E-state index in [1.165, 1.54) is 0 Å². The molecule has 4 rings (SSSR count). The maximum atomic E-state index is 12.3. The van der Waals surface area contributed by atoms with Crippen molar-refractivity contribution in [1.29, 1.82) is 0 Å². The first-order valence-corrected chi connectivity index (χ1v) is 8.13. The fraction of sp³-hybridized carbons (Fsp3) is 0.263. The minimum absolute atomic E-state index is 0.0322. The second-order valence-corrected chi connectivity index (χ2v) is 6.08. The average molecular weight is 321 g/mol. The summed E-state index contributed by atoms with van der Waals surface area (Å²) < 4.78 is 7.29. The van der Waals surface area contributed by atoms with Crippen LogP contribution in [0, 0.1) is 0 Å². The number of nitrogens with zero attached hydrogens (tertiary/aromatic N) is 2. The molecule has 5 nitrogen and oxygen atoms in total. The van der Waals surface area contributed by atoms with Crippen LogP contribution in [0.4, 0.5) is 0 Å². The van der Waals surface area contributed by atoms with E-state index in [0.717, 1.165) is 41.0 Å².